The summed E-state index contributed by atoms with van der Waals surface area (Å²) < 4.78 is 41.6. The first-order chi connectivity index (χ1) is 15.1. The lowest BCUT2D eigenvalue weighted by Crippen LogP contribution is -2.54. The zero-order valence-electron chi connectivity index (χ0n) is 16.1. The summed E-state index contributed by atoms with van der Waals surface area (Å²) in [6.07, 6.45) is -1.63. The van der Waals surface area contributed by atoms with Gasteiger partial charge in [0.25, 0.3) is 11.8 Å². The first-order valence-electron chi connectivity index (χ1n) is 9.17. The first kappa shape index (κ1) is 22.0. The average molecular weight is 520 g/mol. The number of amides is 2. The van der Waals surface area contributed by atoms with E-state index in [2.05, 4.69) is 21.2 Å². The van der Waals surface area contributed by atoms with Crippen LogP contribution in [-0.2, 0) is 15.8 Å². The van der Waals surface area contributed by atoms with E-state index in [1.807, 2.05) is 0 Å². The highest BCUT2D eigenvalue weighted by molar-refractivity contribution is 9.10. The van der Waals surface area contributed by atoms with Crippen LogP contribution < -0.4 is 10.2 Å². The number of hydrogen-bond acceptors (Lipinski definition) is 3. The Bertz CT molecular complexity index is 1270. The number of benzene rings is 2. The molecule has 10 heteroatoms. The predicted octanol–water partition coefficient (Wildman–Crippen LogP) is 5.09. The van der Waals surface area contributed by atoms with Crippen LogP contribution in [0.4, 0.5) is 18.9 Å². The van der Waals surface area contributed by atoms with E-state index in [0.717, 1.165) is 16.6 Å². The molecule has 0 saturated carbocycles. The van der Waals surface area contributed by atoms with Crippen LogP contribution in [0.25, 0.3) is 11.8 Å². The summed E-state index contributed by atoms with van der Waals surface area (Å²) >= 11 is 8.49. The van der Waals surface area contributed by atoms with Gasteiger partial charge in [-0.1, -0.05) is 22.0 Å². The number of rotatable bonds is 3. The van der Waals surface area contributed by atoms with Crippen molar-refractivity contribution >= 4 is 56.8 Å². The van der Waals surface area contributed by atoms with Crippen molar-refractivity contribution in [2.45, 2.75) is 6.18 Å². The Morgan fingerprint density at radius 3 is 2.38 bits per heavy atom. The third kappa shape index (κ3) is 4.23. The van der Waals surface area contributed by atoms with E-state index in [1.54, 1.807) is 42.6 Å². The maximum absolute atomic E-state index is 13.1. The van der Waals surface area contributed by atoms with Gasteiger partial charge in [0.15, 0.2) is 5.11 Å². The van der Waals surface area contributed by atoms with Gasteiger partial charge in [0.2, 0.25) is 0 Å². The van der Waals surface area contributed by atoms with Gasteiger partial charge in [-0.2, -0.15) is 13.2 Å². The molecule has 1 aromatic heterocycles. The minimum absolute atomic E-state index is 0.0623. The summed E-state index contributed by atoms with van der Waals surface area (Å²) in [5.41, 5.74) is 0.0448. The highest BCUT2D eigenvalue weighted by Crippen LogP contribution is 2.31. The topological polar surface area (TPSA) is 54.3 Å². The Kier molecular flexibility index (Phi) is 5.74. The summed E-state index contributed by atoms with van der Waals surface area (Å²) in [5.74, 6) is -1.33. The summed E-state index contributed by atoms with van der Waals surface area (Å²) in [6, 6.07) is 14.7. The van der Waals surface area contributed by atoms with E-state index >= 15 is 0 Å². The van der Waals surface area contributed by atoms with Crippen LogP contribution in [0.5, 0.6) is 0 Å². The number of nitrogens with one attached hydrogen (secondary N) is 1. The van der Waals surface area contributed by atoms with E-state index in [4.69, 9.17) is 12.2 Å². The lowest BCUT2D eigenvalue weighted by molar-refractivity contribution is -0.137. The molecule has 0 unspecified atom stereocenters. The van der Waals surface area contributed by atoms with Gasteiger partial charge in [-0.15, -0.1) is 0 Å². The Morgan fingerprint density at radius 2 is 1.69 bits per heavy atom. The van der Waals surface area contributed by atoms with Gasteiger partial charge in [-0.05, 0) is 72.9 Å². The van der Waals surface area contributed by atoms with E-state index in [-0.39, 0.29) is 16.4 Å². The Morgan fingerprint density at radius 1 is 0.969 bits per heavy atom. The monoisotopic (exact) mass is 519 g/mol. The number of halogens is 4. The van der Waals surface area contributed by atoms with Crippen LogP contribution in [-0.4, -0.2) is 21.5 Å². The van der Waals surface area contributed by atoms with Crippen molar-refractivity contribution in [3.05, 3.63) is 88.2 Å². The molecular weight excluding hydrogens is 507 g/mol. The molecule has 4 rings (SSSR count). The van der Waals surface area contributed by atoms with Gasteiger partial charge in [0.05, 0.1) is 11.3 Å². The van der Waals surface area contributed by atoms with Crippen molar-refractivity contribution in [2.24, 2.45) is 0 Å². The molecule has 0 spiro atoms. The number of alkyl halides is 3. The van der Waals surface area contributed by atoms with Gasteiger partial charge >= 0.3 is 6.18 Å². The number of carbonyl (C=O) groups excluding carboxylic acids is 2. The summed E-state index contributed by atoms with van der Waals surface area (Å²) in [4.78, 5) is 26.8. The van der Waals surface area contributed by atoms with Gasteiger partial charge < -0.3 is 4.57 Å². The second-order valence-electron chi connectivity index (χ2n) is 6.79. The van der Waals surface area contributed by atoms with Gasteiger partial charge in [-0.3, -0.25) is 19.8 Å². The highest BCUT2D eigenvalue weighted by Gasteiger charge is 2.35. The molecule has 0 atom stereocenters. The predicted molar refractivity (Wildman–Crippen MR) is 121 cm³/mol. The van der Waals surface area contributed by atoms with E-state index in [1.165, 1.54) is 27.7 Å². The summed E-state index contributed by atoms with van der Waals surface area (Å²) in [5, 5.41) is 2.42. The smallest absolute Gasteiger partial charge is 0.317 e. The van der Waals surface area contributed by atoms with Crippen molar-refractivity contribution in [3.8, 4) is 5.69 Å². The van der Waals surface area contributed by atoms with Crippen LogP contribution >= 0.6 is 28.1 Å². The number of aromatic nitrogens is 1. The fraction of sp³-hybridized carbons (Fsp3) is 0.0455. The quantitative estimate of drug-likeness (QED) is 0.298. The molecule has 1 fully saturated rings. The minimum Gasteiger partial charge on any atom is -0.317 e. The van der Waals surface area contributed by atoms with Crippen LogP contribution in [0.3, 0.4) is 0 Å². The van der Waals surface area contributed by atoms with Crippen LogP contribution in [0.2, 0.25) is 0 Å². The van der Waals surface area contributed by atoms with Crippen LogP contribution in [0.15, 0.2) is 76.9 Å². The molecule has 1 aliphatic rings. The SMILES string of the molecule is O=C1NC(=S)N(c2ccc(Br)cc2)C(=O)/C1=C/c1cccn1-c1cccc(C(F)(F)F)c1. The molecule has 3 aromatic rings. The summed E-state index contributed by atoms with van der Waals surface area (Å²) in [6.45, 7) is 0. The van der Waals surface area contributed by atoms with Crippen molar-refractivity contribution in [1.29, 1.82) is 0 Å². The van der Waals surface area contributed by atoms with Gasteiger partial charge in [0, 0.05) is 22.1 Å². The molecule has 0 radical (unpaired) electrons. The van der Waals surface area contributed by atoms with Crippen molar-refractivity contribution in [3.63, 3.8) is 0 Å². The van der Waals surface area contributed by atoms with Gasteiger partial charge in [-0.25, -0.2) is 0 Å². The highest BCUT2D eigenvalue weighted by atomic mass is 79.9. The molecule has 1 aliphatic heterocycles. The minimum atomic E-state index is -4.50. The van der Waals surface area contributed by atoms with Crippen molar-refractivity contribution in [2.75, 3.05) is 4.90 Å². The third-order valence-corrected chi connectivity index (χ3v) is 5.52. The Balaban J connectivity index is 1.74. The van der Waals surface area contributed by atoms with Gasteiger partial charge in [0.1, 0.15) is 5.57 Å². The number of hydrogen-bond donors (Lipinski definition) is 1. The number of anilines is 1. The molecule has 162 valence electrons. The lowest BCUT2D eigenvalue weighted by Gasteiger charge is -2.29. The second kappa shape index (κ2) is 8.36. The standard InChI is InChI=1S/C22H13BrF3N3O2S/c23-14-6-8-15(9-7-14)29-20(31)18(19(30)27-21(29)32)12-17-5-2-10-28(17)16-4-1-3-13(11-16)22(24,25)26/h1-12H,(H,27,30,32)/b18-12+. The Labute approximate surface area is 194 Å². The molecule has 2 heterocycles. The van der Waals surface area contributed by atoms with E-state index in [0.29, 0.717) is 11.4 Å². The van der Waals surface area contributed by atoms with E-state index < -0.39 is 23.6 Å². The molecule has 2 amide bonds. The second-order valence-corrected chi connectivity index (χ2v) is 8.09. The fourth-order valence-electron chi connectivity index (χ4n) is 3.21. The van der Waals surface area contributed by atoms with Crippen LogP contribution in [0.1, 0.15) is 11.3 Å². The maximum atomic E-state index is 13.1. The number of carbonyl (C=O) groups is 2. The van der Waals surface area contributed by atoms with Crippen molar-refractivity contribution in [1.82, 2.24) is 9.88 Å². The van der Waals surface area contributed by atoms with Crippen molar-refractivity contribution < 1.29 is 22.8 Å². The first-order valence-corrected chi connectivity index (χ1v) is 10.4. The van der Waals surface area contributed by atoms with E-state index in [9.17, 15) is 22.8 Å². The largest absolute Gasteiger partial charge is 0.416 e. The molecular formula is C22H13BrF3N3O2S. The number of nitrogens with zero attached hydrogens (tertiary/aromatic N) is 2. The third-order valence-electron chi connectivity index (χ3n) is 4.71. The zero-order valence-corrected chi connectivity index (χ0v) is 18.5. The summed E-state index contributed by atoms with van der Waals surface area (Å²) in [7, 11) is 0. The Hall–Kier alpha value is -3.24. The molecule has 2 aromatic carbocycles. The molecule has 0 bridgehead atoms. The molecule has 1 saturated heterocycles. The molecule has 0 aliphatic carbocycles. The average Bonchev–Trinajstić information content (AvgIpc) is 3.20. The molecule has 32 heavy (non-hydrogen) atoms. The molecule has 1 N–H and O–H groups in total. The zero-order chi connectivity index (χ0) is 23.0. The van der Waals surface area contributed by atoms with Crippen LogP contribution in [0, 0.1) is 0 Å². The lowest BCUT2D eigenvalue weighted by atomic mass is 10.1. The normalized spacial score (nSPS) is 15.9. The fourth-order valence-corrected chi connectivity index (χ4v) is 3.75. The molecule has 5 nitrogen and oxygen atoms in total. The maximum Gasteiger partial charge on any atom is 0.416 e. The number of thiocarbonyl (C=S) groups is 1.